The number of hydrogen-bond acceptors (Lipinski definition) is 5. The maximum absolute atomic E-state index is 13.2. The van der Waals surface area contributed by atoms with E-state index >= 15 is 0 Å². The summed E-state index contributed by atoms with van der Waals surface area (Å²) in [6.07, 6.45) is 3.35. The lowest BCUT2D eigenvalue weighted by molar-refractivity contribution is -0.130. The molecule has 3 aromatic rings. The molecule has 0 spiro atoms. The number of carbonyl (C=O) groups is 2. The minimum absolute atomic E-state index is 0.0373. The maximum Gasteiger partial charge on any atom is 0.255 e. The van der Waals surface area contributed by atoms with Gasteiger partial charge in [0.15, 0.2) is 0 Å². The van der Waals surface area contributed by atoms with Crippen LogP contribution in [0.3, 0.4) is 0 Å². The summed E-state index contributed by atoms with van der Waals surface area (Å²) in [5, 5.41) is 0. The SMILES string of the molecule is COc1ccc(-c2cc(C(=O)N3CCN(C(C)=O)CC3)cnc2-c2ccccc2)cn1. The van der Waals surface area contributed by atoms with E-state index in [-0.39, 0.29) is 11.8 Å². The number of hydrogen-bond donors (Lipinski definition) is 0. The lowest BCUT2D eigenvalue weighted by Crippen LogP contribution is -2.50. The zero-order valence-corrected chi connectivity index (χ0v) is 17.6. The number of amides is 2. The van der Waals surface area contributed by atoms with Gasteiger partial charge in [-0.2, -0.15) is 0 Å². The summed E-state index contributed by atoms with van der Waals surface area (Å²) in [7, 11) is 1.57. The highest BCUT2D eigenvalue weighted by Crippen LogP contribution is 2.31. The van der Waals surface area contributed by atoms with Crippen LogP contribution in [-0.4, -0.2) is 64.9 Å². The third-order valence-corrected chi connectivity index (χ3v) is 5.45. The summed E-state index contributed by atoms with van der Waals surface area (Å²) in [6, 6.07) is 15.4. The molecule has 1 aliphatic heterocycles. The molecule has 4 rings (SSSR count). The van der Waals surface area contributed by atoms with Crippen molar-refractivity contribution in [3.05, 3.63) is 66.5 Å². The Labute approximate surface area is 181 Å². The first kappa shape index (κ1) is 20.5. The number of rotatable bonds is 4. The highest BCUT2D eigenvalue weighted by molar-refractivity contribution is 5.97. The summed E-state index contributed by atoms with van der Waals surface area (Å²) in [6.45, 7) is 3.67. The number of methoxy groups -OCH3 is 1. The Kier molecular flexibility index (Phi) is 5.93. The zero-order valence-electron chi connectivity index (χ0n) is 17.6. The fraction of sp³-hybridized carbons (Fsp3) is 0.250. The van der Waals surface area contributed by atoms with Gasteiger partial charge in [-0.3, -0.25) is 14.6 Å². The van der Waals surface area contributed by atoms with Crippen molar-refractivity contribution in [1.82, 2.24) is 19.8 Å². The molecule has 0 atom stereocenters. The van der Waals surface area contributed by atoms with E-state index in [4.69, 9.17) is 4.74 Å². The Bertz CT molecular complexity index is 1080. The monoisotopic (exact) mass is 416 g/mol. The van der Waals surface area contributed by atoms with E-state index < -0.39 is 0 Å². The van der Waals surface area contributed by atoms with Crippen molar-refractivity contribution in [3.8, 4) is 28.3 Å². The number of benzene rings is 1. The standard InChI is InChI=1S/C24H24N4O3/c1-17(29)27-10-12-28(13-11-27)24(30)20-14-21(19-8-9-22(31-2)25-15-19)23(26-16-20)18-6-4-3-5-7-18/h3-9,14-16H,10-13H2,1-2H3. The van der Waals surface area contributed by atoms with Gasteiger partial charge in [0.25, 0.3) is 5.91 Å². The van der Waals surface area contributed by atoms with Gasteiger partial charge in [0.2, 0.25) is 11.8 Å². The van der Waals surface area contributed by atoms with Gasteiger partial charge in [-0.1, -0.05) is 30.3 Å². The van der Waals surface area contributed by atoms with Gasteiger partial charge in [0.1, 0.15) is 0 Å². The fourth-order valence-electron chi connectivity index (χ4n) is 3.70. The molecule has 0 bridgehead atoms. The summed E-state index contributed by atoms with van der Waals surface area (Å²) in [4.78, 5) is 37.2. The molecule has 1 saturated heterocycles. The number of piperazine rings is 1. The minimum atomic E-state index is -0.0852. The average molecular weight is 416 g/mol. The van der Waals surface area contributed by atoms with E-state index in [0.29, 0.717) is 37.6 Å². The van der Waals surface area contributed by atoms with Gasteiger partial charge >= 0.3 is 0 Å². The van der Waals surface area contributed by atoms with Crippen molar-refractivity contribution in [2.75, 3.05) is 33.3 Å². The van der Waals surface area contributed by atoms with E-state index in [1.54, 1.807) is 42.3 Å². The van der Waals surface area contributed by atoms with E-state index in [0.717, 1.165) is 22.4 Å². The summed E-state index contributed by atoms with van der Waals surface area (Å²) >= 11 is 0. The van der Waals surface area contributed by atoms with E-state index in [1.807, 2.05) is 42.5 Å². The molecule has 2 aromatic heterocycles. The van der Waals surface area contributed by atoms with Crippen molar-refractivity contribution < 1.29 is 14.3 Å². The molecule has 158 valence electrons. The smallest absolute Gasteiger partial charge is 0.255 e. The van der Waals surface area contributed by atoms with Gasteiger partial charge in [-0.15, -0.1) is 0 Å². The molecule has 0 unspecified atom stereocenters. The second kappa shape index (κ2) is 8.95. The molecular weight excluding hydrogens is 392 g/mol. The first-order valence-corrected chi connectivity index (χ1v) is 10.2. The minimum Gasteiger partial charge on any atom is -0.481 e. The van der Waals surface area contributed by atoms with Crippen LogP contribution < -0.4 is 4.74 Å². The van der Waals surface area contributed by atoms with Gasteiger partial charge in [0.05, 0.1) is 18.4 Å². The zero-order chi connectivity index (χ0) is 21.8. The predicted octanol–water partition coefficient (Wildman–Crippen LogP) is 3.12. The van der Waals surface area contributed by atoms with Crippen molar-refractivity contribution in [3.63, 3.8) is 0 Å². The number of pyridine rings is 2. The summed E-state index contributed by atoms with van der Waals surface area (Å²) in [5.74, 6) is 0.474. The second-order valence-electron chi connectivity index (χ2n) is 7.37. The van der Waals surface area contributed by atoms with Gasteiger partial charge in [-0.25, -0.2) is 4.98 Å². The summed E-state index contributed by atoms with van der Waals surface area (Å²) in [5.41, 5.74) is 3.94. The molecule has 1 aromatic carbocycles. The lowest BCUT2D eigenvalue weighted by atomic mass is 9.98. The first-order chi connectivity index (χ1) is 15.1. The van der Waals surface area contributed by atoms with Crippen LogP contribution >= 0.6 is 0 Å². The predicted molar refractivity (Wildman–Crippen MR) is 118 cm³/mol. The molecule has 7 heteroatoms. The number of ether oxygens (including phenoxy) is 1. The summed E-state index contributed by atoms with van der Waals surface area (Å²) < 4.78 is 5.17. The Morgan fingerprint density at radius 3 is 2.19 bits per heavy atom. The molecule has 0 radical (unpaired) electrons. The largest absolute Gasteiger partial charge is 0.481 e. The molecule has 1 fully saturated rings. The van der Waals surface area contributed by atoms with Crippen molar-refractivity contribution in [2.24, 2.45) is 0 Å². The fourth-order valence-corrected chi connectivity index (χ4v) is 3.70. The van der Waals surface area contributed by atoms with E-state index in [9.17, 15) is 9.59 Å². The second-order valence-corrected chi connectivity index (χ2v) is 7.37. The van der Waals surface area contributed by atoms with Crippen molar-refractivity contribution >= 4 is 11.8 Å². The molecular formula is C24H24N4O3. The number of carbonyl (C=O) groups excluding carboxylic acids is 2. The normalized spacial score (nSPS) is 13.7. The van der Waals surface area contributed by atoms with Crippen molar-refractivity contribution in [2.45, 2.75) is 6.92 Å². The van der Waals surface area contributed by atoms with Crippen LogP contribution in [0.15, 0.2) is 60.9 Å². The number of aromatic nitrogens is 2. The van der Waals surface area contributed by atoms with Crippen molar-refractivity contribution in [1.29, 1.82) is 0 Å². The topological polar surface area (TPSA) is 75.6 Å². The quantitative estimate of drug-likeness (QED) is 0.653. The highest BCUT2D eigenvalue weighted by Gasteiger charge is 2.24. The maximum atomic E-state index is 13.2. The third-order valence-electron chi connectivity index (χ3n) is 5.45. The Balaban J connectivity index is 1.68. The Hall–Kier alpha value is -3.74. The lowest BCUT2D eigenvalue weighted by Gasteiger charge is -2.34. The first-order valence-electron chi connectivity index (χ1n) is 10.2. The average Bonchev–Trinajstić information content (AvgIpc) is 2.84. The van der Waals surface area contributed by atoms with Gasteiger partial charge in [-0.05, 0) is 12.1 Å². The Morgan fingerprint density at radius 1 is 0.871 bits per heavy atom. The Morgan fingerprint density at radius 2 is 1.58 bits per heavy atom. The van der Waals surface area contributed by atoms with Gasteiger partial charge < -0.3 is 14.5 Å². The third kappa shape index (κ3) is 4.40. The molecule has 2 amide bonds. The van der Waals surface area contributed by atoms with Crippen LogP contribution in [0, 0.1) is 0 Å². The molecule has 0 saturated carbocycles. The molecule has 7 nitrogen and oxygen atoms in total. The van der Waals surface area contributed by atoms with Crippen LogP contribution in [0.4, 0.5) is 0 Å². The van der Waals surface area contributed by atoms with Crippen LogP contribution in [0.2, 0.25) is 0 Å². The highest BCUT2D eigenvalue weighted by atomic mass is 16.5. The molecule has 0 N–H and O–H groups in total. The van der Waals surface area contributed by atoms with Gasteiger partial charge in [0, 0.05) is 68.3 Å². The van der Waals surface area contributed by atoms with E-state index in [1.165, 1.54) is 0 Å². The molecule has 0 aliphatic carbocycles. The molecule has 31 heavy (non-hydrogen) atoms. The van der Waals surface area contributed by atoms with Crippen LogP contribution in [0.25, 0.3) is 22.4 Å². The molecule has 3 heterocycles. The molecule has 1 aliphatic rings. The number of nitrogens with zero attached hydrogens (tertiary/aromatic N) is 4. The van der Waals surface area contributed by atoms with Crippen LogP contribution in [0.1, 0.15) is 17.3 Å². The van der Waals surface area contributed by atoms with Crippen LogP contribution in [-0.2, 0) is 4.79 Å². The van der Waals surface area contributed by atoms with E-state index in [2.05, 4.69) is 9.97 Å². The van der Waals surface area contributed by atoms with Crippen LogP contribution in [0.5, 0.6) is 5.88 Å².